The third kappa shape index (κ3) is 5.67. The fourth-order valence-electron chi connectivity index (χ4n) is 2.99. The van der Waals surface area contributed by atoms with E-state index in [1.165, 1.54) is 24.3 Å². The van der Waals surface area contributed by atoms with Crippen molar-refractivity contribution >= 4 is 21.6 Å². The lowest BCUT2D eigenvalue weighted by Crippen LogP contribution is -2.40. The number of hydrogen-bond donors (Lipinski definition) is 1. The standard InChI is InChI=1S/C23H21F3N2O3S/c1-17-10-12-21(13-11-17)32(30,31)28(20-8-3-2-4-9-20)16-22(29)27-15-18-6-5-7-19(14-18)23(24,25)26/h2-14H,15-16H2,1H3,(H,27,29). The van der Waals surface area contributed by atoms with Crippen molar-refractivity contribution in [2.24, 2.45) is 0 Å². The molecule has 0 spiro atoms. The summed E-state index contributed by atoms with van der Waals surface area (Å²) in [5.74, 6) is -0.651. The monoisotopic (exact) mass is 462 g/mol. The molecule has 0 saturated carbocycles. The Morgan fingerprint density at radius 1 is 0.938 bits per heavy atom. The summed E-state index contributed by atoms with van der Waals surface area (Å²) in [6, 6.07) is 19.0. The SMILES string of the molecule is Cc1ccc(S(=O)(=O)N(CC(=O)NCc2cccc(C(F)(F)F)c2)c2ccccc2)cc1. The molecule has 168 valence electrons. The maximum absolute atomic E-state index is 13.2. The van der Waals surface area contributed by atoms with Crippen LogP contribution in [-0.4, -0.2) is 20.9 Å². The number of nitrogens with zero attached hydrogens (tertiary/aromatic N) is 1. The molecule has 0 saturated heterocycles. The lowest BCUT2D eigenvalue weighted by Gasteiger charge is -2.24. The van der Waals surface area contributed by atoms with Crippen molar-refractivity contribution in [2.45, 2.75) is 24.5 Å². The fraction of sp³-hybridized carbons (Fsp3) is 0.174. The highest BCUT2D eigenvalue weighted by Crippen LogP contribution is 2.29. The van der Waals surface area contributed by atoms with E-state index in [2.05, 4.69) is 5.32 Å². The summed E-state index contributed by atoms with van der Waals surface area (Å²) in [5.41, 5.74) is 0.606. The number of rotatable bonds is 7. The van der Waals surface area contributed by atoms with Gasteiger partial charge in [0.25, 0.3) is 10.0 Å². The van der Waals surface area contributed by atoms with E-state index < -0.39 is 34.2 Å². The number of alkyl halides is 3. The van der Waals surface area contributed by atoms with Gasteiger partial charge in [0.1, 0.15) is 6.54 Å². The average molecular weight is 462 g/mol. The fourth-order valence-corrected chi connectivity index (χ4v) is 4.41. The van der Waals surface area contributed by atoms with E-state index in [0.29, 0.717) is 5.69 Å². The molecular weight excluding hydrogens is 441 g/mol. The second kappa shape index (κ2) is 9.44. The number of benzene rings is 3. The van der Waals surface area contributed by atoms with E-state index in [9.17, 15) is 26.4 Å². The molecule has 0 aliphatic rings. The smallest absolute Gasteiger partial charge is 0.350 e. The van der Waals surface area contributed by atoms with Gasteiger partial charge in [0.15, 0.2) is 0 Å². The minimum Gasteiger partial charge on any atom is -0.350 e. The first kappa shape index (κ1) is 23.3. The van der Waals surface area contributed by atoms with Crippen LogP contribution in [0.25, 0.3) is 0 Å². The first-order valence-electron chi connectivity index (χ1n) is 9.65. The van der Waals surface area contributed by atoms with Crippen molar-refractivity contribution in [1.82, 2.24) is 5.32 Å². The van der Waals surface area contributed by atoms with Crippen molar-refractivity contribution in [3.05, 3.63) is 95.6 Å². The van der Waals surface area contributed by atoms with Crippen LogP contribution >= 0.6 is 0 Å². The first-order valence-corrected chi connectivity index (χ1v) is 11.1. The van der Waals surface area contributed by atoms with Crippen LogP contribution in [0.2, 0.25) is 0 Å². The summed E-state index contributed by atoms with van der Waals surface area (Å²) in [7, 11) is -4.05. The Morgan fingerprint density at radius 3 is 2.22 bits per heavy atom. The first-order chi connectivity index (χ1) is 15.1. The zero-order valence-corrected chi connectivity index (χ0v) is 18.0. The molecule has 5 nitrogen and oxygen atoms in total. The van der Waals surface area contributed by atoms with Crippen molar-refractivity contribution in [3.63, 3.8) is 0 Å². The number of para-hydroxylation sites is 1. The molecule has 1 amide bonds. The Hall–Kier alpha value is -3.33. The number of nitrogens with one attached hydrogen (secondary N) is 1. The van der Waals surface area contributed by atoms with Gasteiger partial charge in [-0.3, -0.25) is 9.10 Å². The van der Waals surface area contributed by atoms with Gasteiger partial charge in [0, 0.05) is 6.54 Å². The number of carbonyl (C=O) groups is 1. The highest BCUT2D eigenvalue weighted by atomic mass is 32.2. The van der Waals surface area contributed by atoms with E-state index in [-0.39, 0.29) is 17.0 Å². The van der Waals surface area contributed by atoms with E-state index in [1.54, 1.807) is 42.5 Å². The van der Waals surface area contributed by atoms with Crippen LogP contribution in [0.5, 0.6) is 0 Å². The van der Waals surface area contributed by atoms with Crippen molar-refractivity contribution < 1.29 is 26.4 Å². The molecule has 32 heavy (non-hydrogen) atoms. The number of halogens is 3. The Morgan fingerprint density at radius 2 is 1.59 bits per heavy atom. The van der Waals surface area contributed by atoms with Crippen LogP contribution in [0.15, 0.2) is 83.8 Å². The second-order valence-electron chi connectivity index (χ2n) is 7.14. The quantitative estimate of drug-likeness (QED) is 0.561. The summed E-state index contributed by atoms with van der Waals surface area (Å²) in [6.07, 6.45) is -4.49. The number of amides is 1. The van der Waals surface area contributed by atoms with Gasteiger partial charge in [-0.25, -0.2) is 8.42 Å². The predicted octanol–water partition coefficient (Wildman–Crippen LogP) is 4.53. The van der Waals surface area contributed by atoms with E-state index in [0.717, 1.165) is 22.0 Å². The topological polar surface area (TPSA) is 66.5 Å². The molecule has 0 aliphatic heterocycles. The molecule has 0 aromatic heterocycles. The lowest BCUT2D eigenvalue weighted by atomic mass is 10.1. The third-order valence-electron chi connectivity index (χ3n) is 4.68. The van der Waals surface area contributed by atoms with Crippen LogP contribution in [0.4, 0.5) is 18.9 Å². The van der Waals surface area contributed by atoms with Crippen LogP contribution in [-0.2, 0) is 27.5 Å². The highest BCUT2D eigenvalue weighted by molar-refractivity contribution is 7.92. The van der Waals surface area contributed by atoms with Crippen molar-refractivity contribution in [2.75, 3.05) is 10.8 Å². The third-order valence-corrected chi connectivity index (χ3v) is 6.47. The molecule has 3 rings (SSSR count). The van der Waals surface area contributed by atoms with Crippen LogP contribution < -0.4 is 9.62 Å². The predicted molar refractivity (Wildman–Crippen MR) is 115 cm³/mol. The Kier molecular flexibility index (Phi) is 6.88. The molecule has 0 radical (unpaired) electrons. The maximum Gasteiger partial charge on any atom is 0.416 e. The summed E-state index contributed by atoms with van der Waals surface area (Å²) < 4.78 is 66.1. The minimum atomic E-state index is -4.49. The lowest BCUT2D eigenvalue weighted by molar-refractivity contribution is -0.137. The van der Waals surface area contributed by atoms with Gasteiger partial charge in [0.05, 0.1) is 16.1 Å². The number of aryl methyl sites for hydroxylation is 1. The molecule has 1 N–H and O–H groups in total. The molecule has 0 fully saturated rings. The van der Waals surface area contributed by atoms with Crippen molar-refractivity contribution in [3.8, 4) is 0 Å². The molecule has 0 unspecified atom stereocenters. The number of hydrogen-bond acceptors (Lipinski definition) is 3. The van der Waals surface area contributed by atoms with Gasteiger partial charge < -0.3 is 5.32 Å². The molecule has 0 heterocycles. The van der Waals surface area contributed by atoms with E-state index in [4.69, 9.17) is 0 Å². The summed E-state index contributed by atoms with van der Waals surface area (Å²) in [6.45, 7) is 1.13. The summed E-state index contributed by atoms with van der Waals surface area (Å²) in [5, 5.41) is 2.50. The van der Waals surface area contributed by atoms with Gasteiger partial charge in [-0.05, 0) is 48.9 Å². The van der Waals surface area contributed by atoms with E-state index >= 15 is 0 Å². The van der Waals surface area contributed by atoms with Crippen molar-refractivity contribution in [1.29, 1.82) is 0 Å². The molecule has 0 atom stereocenters. The molecular formula is C23H21F3N2O3S. The van der Waals surface area contributed by atoms with Gasteiger partial charge in [-0.15, -0.1) is 0 Å². The van der Waals surface area contributed by atoms with E-state index in [1.807, 2.05) is 6.92 Å². The second-order valence-corrected chi connectivity index (χ2v) is 9.00. The van der Waals surface area contributed by atoms with Gasteiger partial charge in [-0.1, -0.05) is 48.0 Å². The maximum atomic E-state index is 13.2. The van der Waals surface area contributed by atoms with Gasteiger partial charge in [0.2, 0.25) is 5.91 Å². The highest BCUT2D eigenvalue weighted by Gasteiger charge is 2.30. The zero-order chi connectivity index (χ0) is 23.4. The van der Waals surface area contributed by atoms with Gasteiger partial charge in [-0.2, -0.15) is 13.2 Å². The number of anilines is 1. The molecule has 0 bridgehead atoms. The molecule has 3 aromatic carbocycles. The van der Waals surface area contributed by atoms with Gasteiger partial charge >= 0.3 is 6.18 Å². The number of sulfonamides is 1. The average Bonchev–Trinajstić information content (AvgIpc) is 2.76. The van der Waals surface area contributed by atoms with Crippen LogP contribution in [0, 0.1) is 6.92 Å². The van der Waals surface area contributed by atoms with Crippen LogP contribution in [0.3, 0.4) is 0 Å². The molecule has 3 aromatic rings. The molecule has 9 heteroatoms. The Bertz CT molecular complexity index is 1180. The normalized spacial score (nSPS) is 11.8. The Labute approximate surface area is 184 Å². The number of carbonyl (C=O) groups excluding carboxylic acids is 1. The summed E-state index contributed by atoms with van der Waals surface area (Å²) in [4.78, 5) is 12.6. The molecule has 0 aliphatic carbocycles. The minimum absolute atomic E-state index is 0.0256. The largest absolute Gasteiger partial charge is 0.416 e. The summed E-state index contributed by atoms with van der Waals surface area (Å²) >= 11 is 0. The van der Waals surface area contributed by atoms with Crippen LogP contribution in [0.1, 0.15) is 16.7 Å². The Balaban J connectivity index is 1.80. The zero-order valence-electron chi connectivity index (χ0n) is 17.1.